The van der Waals surface area contributed by atoms with Crippen molar-refractivity contribution >= 4 is 32.0 Å². The highest BCUT2D eigenvalue weighted by molar-refractivity contribution is 6.80. The van der Waals surface area contributed by atoms with Gasteiger partial charge in [-0.05, 0) is 22.7 Å². The maximum absolute atomic E-state index is 13.5. The molecule has 2 aliphatic heterocycles. The Balaban J connectivity index is 1.74. The Hall–Kier alpha value is -2.99. The fraction of sp³-hybridized carbons (Fsp3) is 0.320. The molecule has 31 heavy (non-hydrogen) atoms. The fourth-order valence-corrected chi connectivity index (χ4v) is 6.57. The molecule has 4 rings (SSSR count). The Kier molecular flexibility index (Phi) is 5.01. The summed E-state index contributed by atoms with van der Waals surface area (Å²) in [4.78, 5) is 40.8. The predicted molar refractivity (Wildman–Crippen MR) is 124 cm³/mol. The summed E-state index contributed by atoms with van der Waals surface area (Å²) in [6.45, 7) is 10.8. The summed E-state index contributed by atoms with van der Waals surface area (Å²) < 4.78 is 1.96. The molecule has 5 nitrogen and oxygen atoms in total. The lowest BCUT2D eigenvalue weighted by Crippen LogP contribution is -2.78. The second-order valence-electron chi connectivity index (χ2n) is 9.75. The summed E-state index contributed by atoms with van der Waals surface area (Å²) in [5.41, 5.74) is 1.76. The third-order valence-corrected chi connectivity index (χ3v) is 12.3. The van der Waals surface area contributed by atoms with E-state index in [1.165, 1.54) is 4.90 Å². The number of carbonyl (C=O) groups is 3. The van der Waals surface area contributed by atoms with Crippen molar-refractivity contribution in [2.45, 2.75) is 51.0 Å². The lowest BCUT2D eigenvalue weighted by molar-refractivity contribution is -0.145. The van der Waals surface area contributed by atoms with Crippen LogP contribution in [0.15, 0.2) is 60.7 Å². The van der Waals surface area contributed by atoms with E-state index in [1.807, 2.05) is 47.0 Å². The van der Waals surface area contributed by atoms with Crippen LogP contribution < -0.4 is 0 Å². The normalized spacial score (nSPS) is 21.6. The maximum Gasteiger partial charge on any atom is 0.262 e. The number of benzene rings is 2. The van der Waals surface area contributed by atoms with E-state index in [2.05, 4.69) is 33.9 Å². The highest BCUT2D eigenvalue weighted by Gasteiger charge is 2.61. The maximum atomic E-state index is 13.5. The largest absolute Gasteiger partial charge is 0.359 e. The van der Waals surface area contributed by atoms with Crippen molar-refractivity contribution in [3.63, 3.8) is 0 Å². The molecule has 6 heteroatoms. The van der Waals surface area contributed by atoms with E-state index in [0.717, 1.165) is 5.56 Å². The molecule has 1 fully saturated rings. The molecule has 0 aromatic heterocycles. The van der Waals surface area contributed by atoms with Crippen LogP contribution in [0, 0.1) is 0 Å². The average molecular weight is 433 g/mol. The molecular formula is C25H28N2O3Si. The zero-order valence-electron chi connectivity index (χ0n) is 18.6. The molecule has 0 unspecified atom stereocenters. The Morgan fingerprint density at radius 1 is 0.839 bits per heavy atom. The van der Waals surface area contributed by atoms with Crippen molar-refractivity contribution in [1.82, 2.24) is 9.47 Å². The van der Waals surface area contributed by atoms with Crippen LogP contribution in [0.25, 0.3) is 6.08 Å². The first kappa shape index (κ1) is 21.2. The molecule has 0 spiro atoms. The zero-order chi connectivity index (χ0) is 22.6. The molecule has 0 saturated carbocycles. The summed E-state index contributed by atoms with van der Waals surface area (Å²) in [5.74, 6) is -0.900. The van der Waals surface area contributed by atoms with Crippen molar-refractivity contribution in [3.8, 4) is 0 Å². The minimum absolute atomic E-state index is 0.0611. The highest BCUT2D eigenvalue weighted by atomic mass is 28.3. The lowest BCUT2D eigenvalue weighted by Gasteiger charge is -2.58. The number of hydrogen-bond donors (Lipinski definition) is 0. The third-order valence-electron chi connectivity index (χ3n) is 6.94. The molecule has 1 saturated heterocycles. The first-order valence-corrected chi connectivity index (χ1v) is 13.5. The SMILES string of the molecule is CC(C)(C)[Si](C)(C)N1C(=O)[C@@H](N2C(=O)c3ccccc3C2=O)[C@H]1/C=C/c1ccccc1. The van der Waals surface area contributed by atoms with Gasteiger partial charge in [-0.3, -0.25) is 19.3 Å². The van der Waals surface area contributed by atoms with Crippen LogP contribution in [0.2, 0.25) is 18.1 Å². The van der Waals surface area contributed by atoms with Crippen LogP contribution in [0.3, 0.4) is 0 Å². The third kappa shape index (κ3) is 3.26. The number of amides is 3. The number of β-lactam (4-membered cyclic amide) rings is 1. The number of fused-ring (bicyclic) bond motifs is 1. The molecule has 0 N–H and O–H groups in total. The van der Waals surface area contributed by atoms with Crippen LogP contribution >= 0.6 is 0 Å². The molecular weight excluding hydrogens is 404 g/mol. The fourth-order valence-electron chi connectivity index (χ4n) is 4.19. The number of carbonyl (C=O) groups excluding carboxylic acids is 3. The van der Waals surface area contributed by atoms with Gasteiger partial charge in [-0.2, -0.15) is 0 Å². The van der Waals surface area contributed by atoms with Crippen LogP contribution in [0.4, 0.5) is 0 Å². The first-order chi connectivity index (χ1) is 14.6. The summed E-state index contributed by atoms with van der Waals surface area (Å²) in [6, 6.07) is 15.5. The first-order valence-electron chi connectivity index (χ1n) is 10.6. The van der Waals surface area contributed by atoms with Gasteiger partial charge in [-0.15, -0.1) is 0 Å². The predicted octanol–water partition coefficient (Wildman–Crippen LogP) is 4.58. The van der Waals surface area contributed by atoms with Gasteiger partial charge in [0, 0.05) is 0 Å². The molecule has 0 bridgehead atoms. The standard InChI is InChI=1S/C25H28N2O3Si/c1-25(2,3)31(4,5)27-20(16-15-17-11-7-6-8-12-17)21(24(27)30)26-22(28)18-13-9-10-14-19(18)23(26)29/h6-16,20-21H,1-5H3/b16-15+/t20-,21+/m1/s1. The van der Waals surface area contributed by atoms with Gasteiger partial charge in [-0.25, -0.2) is 0 Å². The quantitative estimate of drug-likeness (QED) is 0.404. The summed E-state index contributed by atoms with van der Waals surface area (Å²) in [5, 5.41) is -0.0611. The van der Waals surface area contributed by atoms with Gasteiger partial charge in [0.1, 0.15) is 6.04 Å². The summed E-state index contributed by atoms with van der Waals surface area (Å²) >= 11 is 0. The van der Waals surface area contributed by atoms with Crippen LogP contribution in [-0.2, 0) is 4.79 Å². The summed E-state index contributed by atoms with van der Waals surface area (Å²) in [7, 11) is -2.22. The van der Waals surface area contributed by atoms with Crippen molar-refractivity contribution in [1.29, 1.82) is 0 Å². The minimum atomic E-state index is -2.22. The van der Waals surface area contributed by atoms with Gasteiger partial charge in [0.2, 0.25) is 5.91 Å². The Bertz CT molecular complexity index is 1050. The Morgan fingerprint density at radius 2 is 1.35 bits per heavy atom. The van der Waals surface area contributed by atoms with E-state index < -0.39 is 14.3 Å². The number of nitrogens with zero attached hydrogens (tertiary/aromatic N) is 2. The number of rotatable bonds is 4. The van der Waals surface area contributed by atoms with Gasteiger partial charge in [-0.1, -0.05) is 88.5 Å². The zero-order valence-corrected chi connectivity index (χ0v) is 19.6. The van der Waals surface area contributed by atoms with Crippen molar-refractivity contribution in [2.24, 2.45) is 0 Å². The van der Waals surface area contributed by atoms with Crippen molar-refractivity contribution in [2.75, 3.05) is 0 Å². The van der Waals surface area contributed by atoms with Gasteiger partial charge in [0.05, 0.1) is 17.2 Å². The van der Waals surface area contributed by atoms with E-state index in [4.69, 9.17) is 0 Å². The van der Waals surface area contributed by atoms with E-state index in [1.54, 1.807) is 24.3 Å². The minimum Gasteiger partial charge on any atom is -0.359 e. The molecule has 160 valence electrons. The molecule has 2 aromatic rings. The smallest absolute Gasteiger partial charge is 0.262 e. The molecule has 2 atom stereocenters. The Morgan fingerprint density at radius 3 is 1.87 bits per heavy atom. The molecule has 0 aliphatic carbocycles. The second kappa shape index (κ2) is 7.30. The molecule has 0 radical (unpaired) electrons. The van der Waals surface area contributed by atoms with Crippen molar-refractivity contribution < 1.29 is 14.4 Å². The summed E-state index contributed by atoms with van der Waals surface area (Å²) in [6.07, 6.45) is 3.95. The van der Waals surface area contributed by atoms with Gasteiger partial charge < -0.3 is 4.57 Å². The van der Waals surface area contributed by atoms with Gasteiger partial charge >= 0.3 is 0 Å². The topological polar surface area (TPSA) is 57.7 Å². The van der Waals surface area contributed by atoms with Gasteiger partial charge in [0.15, 0.2) is 8.24 Å². The van der Waals surface area contributed by atoms with Gasteiger partial charge in [0.25, 0.3) is 11.8 Å². The molecule has 3 amide bonds. The average Bonchev–Trinajstić information content (AvgIpc) is 2.96. The van der Waals surface area contributed by atoms with Crippen LogP contribution in [0.5, 0.6) is 0 Å². The van der Waals surface area contributed by atoms with Crippen LogP contribution in [0.1, 0.15) is 47.1 Å². The van der Waals surface area contributed by atoms with Crippen LogP contribution in [-0.4, -0.2) is 47.5 Å². The highest BCUT2D eigenvalue weighted by Crippen LogP contribution is 2.45. The van der Waals surface area contributed by atoms with E-state index >= 15 is 0 Å². The number of hydrogen-bond acceptors (Lipinski definition) is 3. The van der Waals surface area contributed by atoms with E-state index in [0.29, 0.717) is 11.1 Å². The Labute approximate surface area is 184 Å². The molecule has 2 aromatic carbocycles. The number of imide groups is 1. The molecule has 2 heterocycles. The monoisotopic (exact) mass is 432 g/mol. The van der Waals surface area contributed by atoms with Crippen molar-refractivity contribution in [3.05, 3.63) is 77.4 Å². The van der Waals surface area contributed by atoms with E-state index in [9.17, 15) is 14.4 Å². The second-order valence-corrected chi connectivity index (χ2v) is 14.8. The molecule has 2 aliphatic rings. The lowest BCUT2D eigenvalue weighted by atomic mass is 9.95. The van der Waals surface area contributed by atoms with E-state index in [-0.39, 0.29) is 28.8 Å².